The summed E-state index contributed by atoms with van der Waals surface area (Å²) in [6, 6.07) is 10.1. The molecule has 4 heteroatoms. The zero-order valence-corrected chi connectivity index (χ0v) is 11.3. The summed E-state index contributed by atoms with van der Waals surface area (Å²) in [5, 5.41) is 2.96. The lowest BCUT2D eigenvalue weighted by Crippen LogP contribution is -1.89. The third-order valence-electron chi connectivity index (χ3n) is 2.56. The fourth-order valence-electron chi connectivity index (χ4n) is 1.70. The Bertz CT molecular complexity index is 649. The molecule has 1 aromatic carbocycles. The minimum absolute atomic E-state index is 0.790. The number of benzene rings is 1. The van der Waals surface area contributed by atoms with Gasteiger partial charge in [-0.3, -0.25) is 0 Å². The third kappa shape index (κ3) is 1.98. The van der Waals surface area contributed by atoms with Gasteiger partial charge in [0.1, 0.15) is 0 Å². The monoisotopic (exact) mass is 304 g/mol. The Hall–Kier alpha value is -1.26. The average Bonchev–Trinajstić information content (AvgIpc) is 2.81. The highest BCUT2D eigenvalue weighted by Gasteiger charge is 2.07. The minimum Gasteiger partial charge on any atom is -0.235 e. The first-order valence-corrected chi connectivity index (χ1v) is 7.23. The summed E-state index contributed by atoms with van der Waals surface area (Å²) in [6.07, 6.45) is 1.90. The van der Waals surface area contributed by atoms with Crippen LogP contribution in [-0.4, -0.2) is 9.97 Å². The Morgan fingerprint density at radius 3 is 2.76 bits per heavy atom. The first-order valence-electron chi connectivity index (χ1n) is 5.23. The van der Waals surface area contributed by atoms with Crippen LogP contribution in [-0.2, 0) is 5.33 Å². The SMILES string of the molecule is BrCc1csc2cnc(-c3ccccc3)nc12. The lowest BCUT2D eigenvalue weighted by Gasteiger charge is -2.00. The number of rotatable bonds is 2. The molecule has 0 aliphatic heterocycles. The van der Waals surface area contributed by atoms with Crippen LogP contribution in [0.2, 0.25) is 0 Å². The highest BCUT2D eigenvalue weighted by Crippen LogP contribution is 2.27. The van der Waals surface area contributed by atoms with Crippen molar-refractivity contribution in [1.29, 1.82) is 0 Å². The number of hydrogen-bond donors (Lipinski definition) is 0. The average molecular weight is 305 g/mol. The summed E-state index contributed by atoms with van der Waals surface area (Å²) in [6.45, 7) is 0. The number of alkyl halides is 1. The largest absolute Gasteiger partial charge is 0.235 e. The van der Waals surface area contributed by atoms with Crippen molar-refractivity contribution in [2.45, 2.75) is 5.33 Å². The maximum absolute atomic E-state index is 4.65. The van der Waals surface area contributed by atoms with Gasteiger partial charge in [0.15, 0.2) is 5.82 Å². The van der Waals surface area contributed by atoms with Crippen LogP contribution in [0.5, 0.6) is 0 Å². The molecule has 0 fully saturated rings. The standard InChI is InChI=1S/C13H9BrN2S/c14-6-10-8-17-11-7-15-13(16-12(10)11)9-4-2-1-3-5-9/h1-5,7-8H,6H2. The van der Waals surface area contributed by atoms with E-state index in [0.29, 0.717) is 0 Å². The van der Waals surface area contributed by atoms with Crippen LogP contribution in [0.15, 0.2) is 41.9 Å². The second-order valence-corrected chi connectivity index (χ2v) is 5.14. The molecule has 0 atom stereocenters. The molecule has 2 nitrogen and oxygen atoms in total. The summed E-state index contributed by atoms with van der Waals surface area (Å²) in [4.78, 5) is 9.05. The van der Waals surface area contributed by atoms with E-state index < -0.39 is 0 Å². The van der Waals surface area contributed by atoms with Gasteiger partial charge in [-0.05, 0) is 10.9 Å². The molecule has 0 aliphatic rings. The Balaban J connectivity index is 2.19. The minimum atomic E-state index is 0.790. The predicted octanol–water partition coefficient (Wildman–Crippen LogP) is 4.25. The van der Waals surface area contributed by atoms with E-state index in [1.165, 1.54) is 5.56 Å². The number of halogens is 1. The molecule has 0 unspecified atom stereocenters. The van der Waals surface area contributed by atoms with E-state index in [1.807, 2.05) is 36.5 Å². The molecule has 0 amide bonds. The lowest BCUT2D eigenvalue weighted by molar-refractivity contribution is 1.23. The second-order valence-electron chi connectivity index (χ2n) is 3.67. The van der Waals surface area contributed by atoms with Gasteiger partial charge in [0.05, 0.1) is 10.2 Å². The van der Waals surface area contributed by atoms with E-state index in [0.717, 1.165) is 26.9 Å². The van der Waals surface area contributed by atoms with Gasteiger partial charge < -0.3 is 0 Å². The number of aromatic nitrogens is 2. The first-order chi connectivity index (χ1) is 8.38. The van der Waals surface area contributed by atoms with Crippen LogP contribution in [0.4, 0.5) is 0 Å². The maximum atomic E-state index is 4.65. The van der Waals surface area contributed by atoms with Crippen molar-refractivity contribution < 1.29 is 0 Å². The molecule has 2 aromatic heterocycles. The van der Waals surface area contributed by atoms with Crippen molar-refractivity contribution in [1.82, 2.24) is 9.97 Å². The Morgan fingerprint density at radius 2 is 2.00 bits per heavy atom. The van der Waals surface area contributed by atoms with Crippen molar-refractivity contribution in [2.24, 2.45) is 0 Å². The molecule has 0 bridgehead atoms. The number of thiophene rings is 1. The molecule has 3 rings (SSSR count). The van der Waals surface area contributed by atoms with Gasteiger partial charge >= 0.3 is 0 Å². The summed E-state index contributed by atoms with van der Waals surface area (Å²) in [5.41, 5.74) is 3.34. The van der Waals surface area contributed by atoms with Crippen molar-refractivity contribution in [2.75, 3.05) is 0 Å². The molecular formula is C13H9BrN2S. The zero-order chi connectivity index (χ0) is 11.7. The van der Waals surface area contributed by atoms with E-state index in [-0.39, 0.29) is 0 Å². The highest BCUT2D eigenvalue weighted by molar-refractivity contribution is 9.08. The quantitative estimate of drug-likeness (QED) is 0.661. The van der Waals surface area contributed by atoms with Gasteiger partial charge in [-0.1, -0.05) is 46.3 Å². The van der Waals surface area contributed by atoms with Crippen LogP contribution < -0.4 is 0 Å². The van der Waals surface area contributed by atoms with Crippen LogP contribution >= 0.6 is 27.3 Å². The van der Waals surface area contributed by atoms with Crippen LogP contribution in [0, 0.1) is 0 Å². The molecule has 0 N–H and O–H groups in total. The molecular weight excluding hydrogens is 296 g/mol. The Labute approximate surface area is 111 Å². The summed E-state index contributed by atoms with van der Waals surface area (Å²) in [7, 11) is 0. The first kappa shape index (κ1) is 10.9. The van der Waals surface area contributed by atoms with Crippen LogP contribution in [0.1, 0.15) is 5.56 Å². The lowest BCUT2D eigenvalue weighted by atomic mass is 10.2. The van der Waals surface area contributed by atoms with Crippen molar-refractivity contribution >= 4 is 37.5 Å². The smallest absolute Gasteiger partial charge is 0.159 e. The summed E-state index contributed by atoms with van der Waals surface area (Å²) < 4.78 is 1.14. The molecule has 2 heterocycles. The molecule has 0 saturated heterocycles. The molecule has 0 radical (unpaired) electrons. The predicted molar refractivity (Wildman–Crippen MR) is 75.5 cm³/mol. The van der Waals surface area contributed by atoms with Crippen LogP contribution in [0.3, 0.4) is 0 Å². The van der Waals surface area contributed by atoms with Crippen molar-refractivity contribution in [3.8, 4) is 11.4 Å². The number of nitrogens with zero attached hydrogens (tertiary/aromatic N) is 2. The highest BCUT2D eigenvalue weighted by atomic mass is 79.9. The Morgan fingerprint density at radius 1 is 1.18 bits per heavy atom. The van der Waals surface area contributed by atoms with E-state index in [9.17, 15) is 0 Å². The van der Waals surface area contributed by atoms with Crippen LogP contribution in [0.25, 0.3) is 21.6 Å². The Kier molecular flexibility index (Phi) is 2.91. The van der Waals surface area contributed by atoms with Gasteiger partial charge in [-0.2, -0.15) is 0 Å². The zero-order valence-electron chi connectivity index (χ0n) is 8.93. The molecule has 17 heavy (non-hydrogen) atoms. The summed E-state index contributed by atoms with van der Waals surface area (Å²) in [5.74, 6) is 0.790. The molecule has 84 valence electrons. The maximum Gasteiger partial charge on any atom is 0.159 e. The summed E-state index contributed by atoms with van der Waals surface area (Å²) >= 11 is 5.17. The van der Waals surface area contributed by atoms with Gasteiger partial charge in [0, 0.05) is 17.1 Å². The van der Waals surface area contributed by atoms with Crippen molar-refractivity contribution in [3.05, 3.63) is 47.5 Å². The fourth-order valence-corrected chi connectivity index (χ4v) is 3.21. The molecule has 0 saturated carbocycles. The fraction of sp³-hybridized carbons (Fsp3) is 0.0769. The van der Waals surface area contributed by atoms with E-state index in [1.54, 1.807) is 11.3 Å². The molecule has 0 spiro atoms. The second kappa shape index (κ2) is 4.55. The normalized spacial score (nSPS) is 10.9. The van der Waals surface area contributed by atoms with Crippen molar-refractivity contribution in [3.63, 3.8) is 0 Å². The number of fused-ring (bicyclic) bond motifs is 1. The van der Waals surface area contributed by atoms with E-state index >= 15 is 0 Å². The molecule has 3 aromatic rings. The van der Waals surface area contributed by atoms with Gasteiger partial charge in [-0.15, -0.1) is 11.3 Å². The topological polar surface area (TPSA) is 25.8 Å². The van der Waals surface area contributed by atoms with Gasteiger partial charge in [-0.25, -0.2) is 9.97 Å². The van der Waals surface area contributed by atoms with E-state index in [2.05, 4.69) is 31.3 Å². The third-order valence-corrected chi connectivity index (χ3v) is 4.12. The molecule has 0 aliphatic carbocycles. The van der Waals surface area contributed by atoms with E-state index in [4.69, 9.17) is 0 Å². The number of hydrogen-bond acceptors (Lipinski definition) is 3. The van der Waals surface area contributed by atoms with Gasteiger partial charge in [0.2, 0.25) is 0 Å². The van der Waals surface area contributed by atoms with Gasteiger partial charge in [0.25, 0.3) is 0 Å².